The first-order valence-electron chi connectivity index (χ1n) is 16.8. The maximum Gasteiger partial charge on any atom is 0.321 e. The summed E-state index contributed by atoms with van der Waals surface area (Å²) in [4.78, 5) is 46.1. The Morgan fingerprint density at radius 1 is 0.542 bits per heavy atom. The summed E-state index contributed by atoms with van der Waals surface area (Å²) in [5.41, 5.74) is 5.57. The number of nitrogens with zero attached hydrogens (tertiary/aromatic N) is 2. The molecule has 2 fully saturated rings. The fourth-order valence-corrected chi connectivity index (χ4v) is 7.22. The molecular formula is C41H44N2O5. The van der Waals surface area contributed by atoms with E-state index in [1.54, 1.807) is 14.2 Å². The van der Waals surface area contributed by atoms with Crippen LogP contribution in [0.25, 0.3) is 0 Å². The number of ketones is 2. The highest BCUT2D eigenvalue weighted by atomic mass is 16.5. The van der Waals surface area contributed by atoms with Gasteiger partial charge < -0.3 is 19.3 Å². The van der Waals surface area contributed by atoms with Crippen molar-refractivity contribution in [2.75, 3.05) is 27.3 Å². The van der Waals surface area contributed by atoms with Crippen LogP contribution in [0.3, 0.4) is 0 Å². The average molecular weight is 645 g/mol. The molecule has 4 aromatic carbocycles. The molecule has 7 heteroatoms. The van der Waals surface area contributed by atoms with Gasteiger partial charge in [-0.2, -0.15) is 0 Å². The number of piperidine rings is 2. The first kappa shape index (κ1) is 33.0. The third kappa shape index (κ3) is 7.01. The fourth-order valence-electron chi connectivity index (χ4n) is 7.22. The topological polar surface area (TPSA) is 76.2 Å². The summed E-state index contributed by atoms with van der Waals surface area (Å²) in [5, 5.41) is 0. The number of likely N-dealkylation sites (tertiary alicyclic amines) is 2. The monoisotopic (exact) mass is 644 g/mol. The van der Waals surface area contributed by atoms with Gasteiger partial charge in [0.15, 0.2) is 11.6 Å². The molecule has 0 aliphatic carbocycles. The number of amides is 2. The van der Waals surface area contributed by atoms with Gasteiger partial charge in [0, 0.05) is 36.1 Å². The highest BCUT2D eigenvalue weighted by Crippen LogP contribution is 2.41. The zero-order valence-electron chi connectivity index (χ0n) is 28.2. The molecule has 6 rings (SSSR count). The number of Topliss-reactive ketones (excluding diaryl/α,β-unsaturated/α-hetero) is 2. The van der Waals surface area contributed by atoms with Crippen LogP contribution in [0.2, 0.25) is 0 Å². The lowest BCUT2D eigenvalue weighted by molar-refractivity contribution is 0.0547. The summed E-state index contributed by atoms with van der Waals surface area (Å²) >= 11 is 0. The van der Waals surface area contributed by atoms with E-state index in [-0.39, 0.29) is 41.5 Å². The maximum absolute atomic E-state index is 14.8. The molecule has 0 bridgehead atoms. The van der Waals surface area contributed by atoms with Crippen LogP contribution in [0.1, 0.15) is 80.7 Å². The van der Waals surface area contributed by atoms with Crippen LogP contribution in [0.15, 0.2) is 97.1 Å². The smallest absolute Gasteiger partial charge is 0.321 e. The van der Waals surface area contributed by atoms with Crippen molar-refractivity contribution < 1.29 is 23.9 Å². The minimum absolute atomic E-state index is 0.0703. The molecule has 0 aromatic heterocycles. The summed E-state index contributed by atoms with van der Waals surface area (Å²) in [7, 11) is 3.27. The Bertz CT molecular complexity index is 1600. The Labute approximate surface area is 283 Å². The fraction of sp³-hybridized carbons (Fsp3) is 0.341. The van der Waals surface area contributed by atoms with Crippen molar-refractivity contribution in [3.63, 3.8) is 0 Å². The standard InChI is InChI=1S/C41H44N2O5/c1-27-5-9-31(10-6-27)39(44)33-21-23-42(37(25-33)29-13-17-35(47-3)18-14-29)41(46)43-24-22-34(40(45)32-11-7-28(2)8-12-32)26-38(43)30-15-19-36(48-4)20-16-30/h5-20,33-34,37-38H,21-26H2,1-4H3. The summed E-state index contributed by atoms with van der Waals surface area (Å²) in [5.74, 6) is 1.29. The van der Waals surface area contributed by atoms with E-state index >= 15 is 0 Å². The largest absolute Gasteiger partial charge is 0.497 e. The zero-order valence-corrected chi connectivity index (χ0v) is 28.2. The maximum atomic E-state index is 14.8. The van der Waals surface area contributed by atoms with Gasteiger partial charge in [-0.1, -0.05) is 83.9 Å². The average Bonchev–Trinajstić information content (AvgIpc) is 3.14. The summed E-state index contributed by atoms with van der Waals surface area (Å²) in [6, 6.07) is 30.5. The number of hydrogen-bond donors (Lipinski definition) is 0. The molecule has 0 saturated carbocycles. The second kappa shape index (κ2) is 14.5. The molecule has 4 aromatic rings. The molecule has 0 radical (unpaired) electrons. The summed E-state index contributed by atoms with van der Waals surface area (Å²) in [6.07, 6.45) is 2.22. The number of ether oxygens (including phenoxy) is 2. The van der Waals surface area contributed by atoms with Crippen LogP contribution in [-0.4, -0.2) is 54.7 Å². The van der Waals surface area contributed by atoms with Gasteiger partial charge in [0.1, 0.15) is 11.5 Å². The van der Waals surface area contributed by atoms with E-state index in [0.29, 0.717) is 49.9 Å². The Balaban J connectivity index is 1.30. The minimum Gasteiger partial charge on any atom is -0.497 e. The van der Waals surface area contributed by atoms with Crippen LogP contribution < -0.4 is 9.47 Å². The Morgan fingerprint density at radius 2 is 0.896 bits per heavy atom. The second-order valence-corrected chi connectivity index (χ2v) is 13.2. The van der Waals surface area contributed by atoms with Crippen LogP contribution in [0, 0.1) is 25.7 Å². The number of carbonyl (C=O) groups is 3. The molecule has 2 aliphatic heterocycles. The van der Waals surface area contributed by atoms with Crippen molar-refractivity contribution in [2.24, 2.45) is 11.8 Å². The van der Waals surface area contributed by atoms with E-state index in [4.69, 9.17) is 9.47 Å². The number of aryl methyl sites for hydroxylation is 2. The Hall–Kier alpha value is -4.91. The third-order valence-corrected chi connectivity index (χ3v) is 10.1. The van der Waals surface area contributed by atoms with E-state index < -0.39 is 0 Å². The van der Waals surface area contributed by atoms with Gasteiger partial charge in [0.2, 0.25) is 0 Å². The highest BCUT2D eigenvalue weighted by molar-refractivity contribution is 5.98. The van der Waals surface area contributed by atoms with Gasteiger partial charge in [-0.25, -0.2) is 4.79 Å². The van der Waals surface area contributed by atoms with E-state index in [9.17, 15) is 14.4 Å². The van der Waals surface area contributed by atoms with Gasteiger partial charge in [0.05, 0.1) is 26.3 Å². The van der Waals surface area contributed by atoms with Crippen molar-refractivity contribution >= 4 is 17.6 Å². The highest BCUT2D eigenvalue weighted by Gasteiger charge is 2.42. The number of hydrogen-bond acceptors (Lipinski definition) is 5. The Morgan fingerprint density at radius 3 is 1.23 bits per heavy atom. The van der Waals surface area contributed by atoms with Crippen molar-refractivity contribution in [1.82, 2.24) is 9.80 Å². The number of methoxy groups -OCH3 is 2. The number of carbonyl (C=O) groups excluding carboxylic acids is 3. The third-order valence-electron chi connectivity index (χ3n) is 10.1. The summed E-state index contributed by atoms with van der Waals surface area (Å²) < 4.78 is 10.8. The predicted molar refractivity (Wildman–Crippen MR) is 187 cm³/mol. The van der Waals surface area contributed by atoms with Crippen LogP contribution in [0.5, 0.6) is 11.5 Å². The molecule has 48 heavy (non-hydrogen) atoms. The molecule has 248 valence electrons. The predicted octanol–water partition coefficient (Wildman–Crippen LogP) is 8.41. The van der Waals surface area contributed by atoms with Crippen molar-refractivity contribution in [3.05, 3.63) is 130 Å². The molecule has 2 saturated heterocycles. The van der Waals surface area contributed by atoms with Crippen molar-refractivity contribution in [1.29, 1.82) is 0 Å². The lowest BCUT2D eigenvalue weighted by Crippen LogP contribution is -2.52. The first-order chi connectivity index (χ1) is 23.2. The molecule has 7 nitrogen and oxygen atoms in total. The lowest BCUT2D eigenvalue weighted by Gasteiger charge is -2.46. The first-order valence-corrected chi connectivity index (χ1v) is 16.8. The van der Waals surface area contributed by atoms with Crippen molar-refractivity contribution in [3.8, 4) is 11.5 Å². The molecule has 2 amide bonds. The number of urea groups is 1. The van der Waals surface area contributed by atoms with Gasteiger partial charge in [-0.05, 0) is 74.9 Å². The van der Waals surface area contributed by atoms with Crippen molar-refractivity contribution in [2.45, 2.75) is 51.6 Å². The molecule has 2 aliphatic rings. The lowest BCUT2D eigenvalue weighted by atomic mass is 9.81. The zero-order chi connectivity index (χ0) is 33.8. The van der Waals surface area contributed by atoms with Crippen LogP contribution in [-0.2, 0) is 0 Å². The molecule has 0 N–H and O–H groups in total. The number of rotatable bonds is 8. The molecule has 4 atom stereocenters. The van der Waals surface area contributed by atoms with Crippen LogP contribution in [0.4, 0.5) is 4.79 Å². The molecule has 4 unspecified atom stereocenters. The molecule has 0 spiro atoms. The second-order valence-electron chi connectivity index (χ2n) is 13.2. The normalized spacial score (nSPS) is 21.0. The van der Waals surface area contributed by atoms with Gasteiger partial charge in [0.25, 0.3) is 0 Å². The minimum atomic E-state index is -0.292. The SMILES string of the molecule is COc1ccc(C2CC(C(=O)c3ccc(C)cc3)CCN2C(=O)N2CCC(C(=O)c3ccc(C)cc3)CC2c2ccc(OC)cc2)cc1. The van der Waals surface area contributed by atoms with Crippen LogP contribution >= 0.6 is 0 Å². The van der Waals surface area contributed by atoms with Gasteiger partial charge in [-0.15, -0.1) is 0 Å². The number of benzene rings is 4. The van der Waals surface area contributed by atoms with E-state index in [2.05, 4.69) is 0 Å². The quantitative estimate of drug-likeness (QED) is 0.180. The Kier molecular flexibility index (Phi) is 9.95. The summed E-state index contributed by atoms with van der Waals surface area (Å²) in [6.45, 7) is 4.93. The van der Waals surface area contributed by atoms with Gasteiger partial charge in [-0.3, -0.25) is 9.59 Å². The van der Waals surface area contributed by atoms with Gasteiger partial charge >= 0.3 is 6.03 Å². The molecular weight excluding hydrogens is 600 g/mol. The molecule has 2 heterocycles. The van der Waals surface area contributed by atoms with E-state index in [1.807, 2.05) is 121 Å². The van der Waals surface area contributed by atoms with E-state index in [0.717, 1.165) is 33.8 Å². The van der Waals surface area contributed by atoms with E-state index in [1.165, 1.54) is 0 Å².